The lowest BCUT2D eigenvalue weighted by Crippen LogP contribution is -2.36. The number of ether oxygens (including phenoxy) is 1. The van der Waals surface area contributed by atoms with Crippen molar-refractivity contribution in [3.05, 3.63) is 75.3 Å². The van der Waals surface area contributed by atoms with Gasteiger partial charge >= 0.3 is 0 Å². The number of nitrogens with zero attached hydrogens (tertiary/aromatic N) is 3. The van der Waals surface area contributed by atoms with Crippen molar-refractivity contribution in [2.45, 2.75) is 13.3 Å². The number of hydrazone groups is 1. The first-order valence-electron chi connectivity index (χ1n) is 9.51. The topological polar surface area (TPSA) is 122 Å². The van der Waals surface area contributed by atoms with Gasteiger partial charge in [0.1, 0.15) is 11.5 Å². The molecule has 2 amide bonds. The Labute approximate surface area is 176 Å². The monoisotopic (exact) mass is 419 g/mol. The average molecular weight is 419 g/mol. The predicted molar refractivity (Wildman–Crippen MR) is 113 cm³/mol. The van der Waals surface area contributed by atoms with E-state index in [0.29, 0.717) is 17.4 Å². The Bertz CT molecular complexity index is 1250. The SMILES string of the molecule is CCCOc1ccc(C=NN2C(=O)c3cccc4c([N+](=O)[O-])ccc(c34)C2=O)c(O)c1. The van der Waals surface area contributed by atoms with Gasteiger partial charge in [0.05, 0.1) is 34.3 Å². The van der Waals surface area contributed by atoms with Crippen LogP contribution in [0.1, 0.15) is 39.6 Å². The minimum Gasteiger partial charge on any atom is -0.507 e. The maximum Gasteiger partial charge on any atom is 0.282 e. The second-order valence-electron chi connectivity index (χ2n) is 6.85. The molecule has 4 rings (SSSR count). The summed E-state index contributed by atoms with van der Waals surface area (Å²) in [6, 6.07) is 11.7. The Morgan fingerprint density at radius 3 is 2.55 bits per heavy atom. The minimum atomic E-state index is -0.706. The summed E-state index contributed by atoms with van der Waals surface area (Å²) in [5, 5.41) is 26.6. The van der Waals surface area contributed by atoms with E-state index < -0.39 is 16.7 Å². The fraction of sp³-hybridized carbons (Fsp3) is 0.136. The quantitative estimate of drug-likeness (QED) is 0.280. The second-order valence-corrected chi connectivity index (χ2v) is 6.85. The molecule has 3 aromatic carbocycles. The number of phenolic OH excluding ortho intramolecular Hbond substituents is 1. The van der Waals surface area contributed by atoms with Crippen LogP contribution in [-0.4, -0.2) is 39.7 Å². The molecule has 0 saturated heterocycles. The molecule has 1 aliphatic heterocycles. The molecule has 0 aliphatic carbocycles. The van der Waals surface area contributed by atoms with E-state index in [1.807, 2.05) is 6.92 Å². The maximum atomic E-state index is 12.9. The molecule has 1 N–H and O–H groups in total. The van der Waals surface area contributed by atoms with E-state index in [2.05, 4.69) is 5.10 Å². The summed E-state index contributed by atoms with van der Waals surface area (Å²) >= 11 is 0. The zero-order valence-corrected chi connectivity index (χ0v) is 16.4. The van der Waals surface area contributed by atoms with Gasteiger partial charge in [0, 0.05) is 23.1 Å². The molecule has 9 heteroatoms. The van der Waals surface area contributed by atoms with E-state index in [1.54, 1.807) is 12.1 Å². The van der Waals surface area contributed by atoms with Crippen molar-refractivity contribution in [3.8, 4) is 11.5 Å². The van der Waals surface area contributed by atoms with Gasteiger partial charge in [-0.3, -0.25) is 19.7 Å². The molecule has 0 unspecified atom stereocenters. The third kappa shape index (κ3) is 3.46. The number of carbonyl (C=O) groups is 2. The van der Waals surface area contributed by atoms with Crippen molar-refractivity contribution in [1.82, 2.24) is 5.01 Å². The Kier molecular flexibility index (Phi) is 5.08. The molecule has 0 spiro atoms. The molecule has 0 bridgehead atoms. The summed E-state index contributed by atoms with van der Waals surface area (Å²) in [7, 11) is 0. The number of benzene rings is 3. The van der Waals surface area contributed by atoms with Gasteiger partial charge in [-0.2, -0.15) is 10.1 Å². The summed E-state index contributed by atoms with van der Waals surface area (Å²) < 4.78 is 5.45. The summed E-state index contributed by atoms with van der Waals surface area (Å²) in [5.74, 6) is -1.04. The summed E-state index contributed by atoms with van der Waals surface area (Å²) in [5.41, 5.74) is 0.381. The third-order valence-corrected chi connectivity index (χ3v) is 4.85. The highest BCUT2D eigenvalue weighted by atomic mass is 16.6. The van der Waals surface area contributed by atoms with E-state index in [4.69, 9.17) is 4.74 Å². The highest BCUT2D eigenvalue weighted by Crippen LogP contribution is 2.35. The van der Waals surface area contributed by atoms with Crippen molar-refractivity contribution in [2.75, 3.05) is 6.61 Å². The first-order chi connectivity index (χ1) is 14.9. The second kappa shape index (κ2) is 7.86. The molecule has 156 valence electrons. The van der Waals surface area contributed by atoms with E-state index in [-0.39, 0.29) is 38.9 Å². The van der Waals surface area contributed by atoms with Gasteiger partial charge in [0.25, 0.3) is 17.5 Å². The van der Waals surface area contributed by atoms with Crippen LogP contribution in [0.25, 0.3) is 10.8 Å². The van der Waals surface area contributed by atoms with Crippen molar-refractivity contribution < 1.29 is 24.4 Å². The Morgan fingerprint density at radius 1 is 1.13 bits per heavy atom. The van der Waals surface area contributed by atoms with Crippen LogP contribution in [-0.2, 0) is 0 Å². The lowest BCUT2D eigenvalue weighted by molar-refractivity contribution is -0.383. The molecule has 9 nitrogen and oxygen atoms in total. The number of non-ortho nitro benzene ring substituents is 1. The van der Waals surface area contributed by atoms with Crippen LogP contribution in [0, 0.1) is 10.1 Å². The lowest BCUT2D eigenvalue weighted by atomic mass is 9.94. The number of hydrogen-bond donors (Lipinski definition) is 1. The fourth-order valence-corrected chi connectivity index (χ4v) is 3.39. The number of nitro groups is 1. The van der Waals surface area contributed by atoms with Crippen LogP contribution < -0.4 is 4.74 Å². The van der Waals surface area contributed by atoms with Crippen LogP contribution in [0.4, 0.5) is 5.69 Å². The summed E-state index contributed by atoms with van der Waals surface area (Å²) in [6.45, 7) is 2.47. The number of hydrogen-bond acceptors (Lipinski definition) is 7. The molecule has 1 heterocycles. The number of amides is 2. The molecule has 0 fully saturated rings. The zero-order valence-electron chi connectivity index (χ0n) is 16.4. The van der Waals surface area contributed by atoms with E-state index in [1.165, 1.54) is 42.6 Å². The van der Waals surface area contributed by atoms with Crippen molar-refractivity contribution in [2.24, 2.45) is 5.10 Å². The smallest absolute Gasteiger partial charge is 0.282 e. The largest absolute Gasteiger partial charge is 0.507 e. The normalized spacial score (nSPS) is 13.3. The van der Waals surface area contributed by atoms with Gasteiger partial charge in [-0.15, -0.1) is 0 Å². The molecular weight excluding hydrogens is 402 g/mol. The van der Waals surface area contributed by atoms with Crippen molar-refractivity contribution in [1.29, 1.82) is 0 Å². The number of nitro benzene ring substituents is 1. The van der Waals surface area contributed by atoms with Gasteiger partial charge in [-0.25, -0.2) is 0 Å². The lowest BCUT2D eigenvalue weighted by Gasteiger charge is -2.23. The average Bonchev–Trinajstić information content (AvgIpc) is 2.76. The molecule has 0 radical (unpaired) electrons. The van der Waals surface area contributed by atoms with Crippen molar-refractivity contribution >= 4 is 34.5 Å². The fourth-order valence-electron chi connectivity index (χ4n) is 3.39. The standard InChI is InChI=1S/C22H17N3O6/c1-2-10-31-14-7-6-13(19(26)11-14)12-23-24-21(27)16-5-3-4-15-18(25(29)30)9-8-17(20(15)16)22(24)28/h3-9,11-12,26H,2,10H2,1H3. The third-order valence-electron chi connectivity index (χ3n) is 4.85. The summed E-state index contributed by atoms with van der Waals surface area (Å²) in [6.07, 6.45) is 2.02. The van der Waals surface area contributed by atoms with Crippen LogP contribution in [0.15, 0.2) is 53.6 Å². The Balaban J connectivity index is 1.70. The number of imide groups is 1. The van der Waals surface area contributed by atoms with E-state index in [0.717, 1.165) is 6.42 Å². The summed E-state index contributed by atoms with van der Waals surface area (Å²) in [4.78, 5) is 36.6. The number of phenols is 1. The Morgan fingerprint density at radius 2 is 1.87 bits per heavy atom. The minimum absolute atomic E-state index is 0.118. The molecule has 0 aromatic heterocycles. The van der Waals surface area contributed by atoms with Gasteiger partial charge < -0.3 is 9.84 Å². The predicted octanol–water partition coefficient (Wildman–Crippen LogP) is 3.87. The van der Waals surface area contributed by atoms with Crippen LogP contribution in [0.3, 0.4) is 0 Å². The van der Waals surface area contributed by atoms with E-state index in [9.17, 15) is 24.8 Å². The van der Waals surface area contributed by atoms with Crippen LogP contribution >= 0.6 is 0 Å². The molecule has 0 saturated carbocycles. The van der Waals surface area contributed by atoms with Crippen LogP contribution in [0.5, 0.6) is 11.5 Å². The number of carbonyl (C=O) groups excluding carboxylic acids is 2. The van der Waals surface area contributed by atoms with Gasteiger partial charge in [-0.1, -0.05) is 13.0 Å². The zero-order chi connectivity index (χ0) is 22.1. The molecule has 1 aliphatic rings. The molecular formula is C22H17N3O6. The maximum absolute atomic E-state index is 12.9. The van der Waals surface area contributed by atoms with Gasteiger partial charge in [0.15, 0.2) is 0 Å². The number of aromatic hydroxyl groups is 1. The highest BCUT2D eigenvalue weighted by Gasteiger charge is 2.34. The molecule has 3 aromatic rings. The molecule has 31 heavy (non-hydrogen) atoms. The molecule has 0 atom stereocenters. The van der Waals surface area contributed by atoms with Gasteiger partial charge in [0.2, 0.25) is 0 Å². The highest BCUT2D eigenvalue weighted by molar-refractivity contribution is 6.26. The van der Waals surface area contributed by atoms with Gasteiger partial charge in [-0.05, 0) is 36.8 Å². The van der Waals surface area contributed by atoms with E-state index >= 15 is 0 Å². The van der Waals surface area contributed by atoms with Crippen molar-refractivity contribution in [3.63, 3.8) is 0 Å². The number of rotatable bonds is 6. The van der Waals surface area contributed by atoms with Crippen LogP contribution in [0.2, 0.25) is 0 Å². The first-order valence-corrected chi connectivity index (χ1v) is 9.51. The first kappa shape index (κ1) is 20.0. The Hall–Kier alpha value is -4.27.